The number of rotatable bonds is 5. The summed E-state index contributed by atoms with van der Waals surface area (Å²) in [4.78, 5) is 30.3. The minimum atomic E-state index is -0.633. The van der Waals surface area contributed by atoms with Gasteiger partial charge in [-0.15, -0.1) is 0 Å². The number of amides is 1. The van der Waals surface area contributed by atoms with Crippen LogP contribution in [0.25, 0.3) is 10.9 Å². The molecule has 2 aromatic carbocycles. The van der Waals surface area contributed by atoms with Crippen molar-refractivity contribution >= 4 is 22.5 Å². The predicted octanol–water partition coefficient (Wildman–Crippen LogP) is 2.42. The lowest BCUT2D eigenvalue weighted by molar-refractivity contribution is 0.0930. The van der Waals surface area contributed by atoms with Gasteiger partial charge in [-0.25, -0.2) is 14.2 Å². The molecule has 2 aliphatic heterocycles. The summed E-state index contributed by atoms with van der Waals surface area (Å²) in [6.07, 6.45) is 1.52. The first-order chi connectivity index (χ1) is 16.8. The normalized spacial score (nSPS) is 17.9. The predicted molar refractivity (Wildman–Crippen MR) is 129 cm³/mol. The molecule has 10 heteroatoms. The largest absolute Gasteiger partial charge is 0.487 e. The van der Waals surface area contributed by atoms with Gasteiger partial charge in [-0.3, -0.25) is 15.0 Å². The number of pyridine rings is 1. The van der Waals surface area contributed by atoms with Crippen LogP contribution in [-0.2, 0) is 6.54 Å². The maximum absolute atomic E-state index is 15.4. The van der Waals surface area contributed by atoms with Crippen LogP contribution in [0.15, 0.2) is 41.3 Å². The second-order valence-electron chi connectivity index (χ2n) is 9.10. The van der Waals surface area contributed by atoms with Crippen LogP contribution in [0.4, 0.5) is 14.5 Å². The van der Waals surface area contributed by atoms with Gasteiger partial charge in [-0.1, -0.05) is 12.1 Å². The van der Waals surface area contributed by atoms with Crippen molar-refractivity contribution in [1.29, 1.82) is 0 Å². The van der Waals surface area contributed by atoms with Crippen LogP contribution >= 0.6 is 0 Å². The molecule has 184 valence electrons. The maximum Gasteiger partial charge on any atom is 0.270 e. The fourth-order valence-electron chi connectivity index (χ4n) is 4.59. The lowest BCUT2D eigenvalue weighted by Gasteiger charge is -2.37. The molecular formula is C25H27F2N5O3. The number of likely N-dealkylation sites (N-methyl/N-ethyl adjacent to an activating group) is 1. The van der Waals surface area contributed by atoms with E-state index in [1.165, 1.54) is 24.4 Å². The van der Waals surface area contributed by atoms with E-state index in [-0.39, 0.29) is 29.4 Å². The Balaban J connectivity index is 1.48. The number of aromatic nitrogens is 1. The molecule has 2 aliphatic rings. The van der Waals surface area contributed by atoms with Gasteiger partial charge in [0.05, 0.1) is 16.9 Å². The first kappa shape index (κ1) is 23.3. The average molecular weight is 484 g/mol. The number of hydrogen-bond acceptors (Lipinski definition) is 6. The number of halogens is 2. The average Bonchev–Trinajstić information content (AvgIpc) is 2.84. The van der Waals surface area contributed by atoms with Crippen molar-refractivity contribution in [3.63, 3.8) is 0 Å². The molecule has 3 heterocycles. The van der Waals surface area contributed by atoms with Crippen LogP contribution in [-0.4, -0.2) is 55.2 Å². The molecule has 1 atom stereocenters. The van der Waals surface area contributed by atoms with E-state index in [1.807, 2.05) is 23.4 Å². The summed E-state index contributed by atoms with van der Waals surface area (Å²) < 4.78 is 36.3. The highest BCUT2D eigenvalue weighted by Gasteiger charge is 2.31. The van der Waals surface area contributed by atoms with E-state index < -0.39 is 17.2 Å². The Morgan fingerprint density at radius 3 is 2.57 bits per heavy atom. The van der Waals surface area contributed by atoms with Crippen LogP contribution in [0.5, 0.6) is 5.75 Å². The van der Waals surface area contributed by atoms with Gasteiger partial charge in [0.1, 0.15) is 23.7 Å². The number of piperazine rings is 1. The molecule has 0 spiro atoms. The van der Waals surface area contributed by atoms with Crippen LogP contribution < -0.4 is 25.9 Å². The van der Waals surface area contributed by atoms with Crippen molar-refractivity contribution in [1.82, 2.24) is 20.3 Å². The second-order valence-corrected chi connectivity index (χ2v) is 9.10. The van der Waals surface area contributed by atoms with Crippen LogP contribution in [0.3, 0.4) is 0 Å². The zero-order chi connectivity index (χ0) is 24.7. The number of benzene rings is 2. The molecule has 1 aromatic heterocycles. The van der Waals surface area contributed by atoms with Crippen LogP contribution in [0.2, 0.25) is 0 Å². The summed E-state index contributed by atoms with van der Waals surface area (Å²) in [6, 6.07) is 6.89. The van der Waals surface area contributed by atoms with Crippen molar-refractivity contribution in [2.24, 2.45) is 0 Å². The van der Waals surface area contributed by atoms with Crippen molar-refractivity contribution in [3.05, 3.63) is 69.5 Å². The van der Waals surface area contributed by atoms with Crippen molar-refractivity contribution in [2.75, 3.05) is 44.7 Å². The van der Waals surface area contributed by atoms with E-state index in [9.17, 15) is 14.0 Å². The summed E-state index contributed by atoms with van der Waals surface area (Å²) in [6.45, 7) is 5.34. The molecule has 1 saturated heterocycles. The van der Waals surface area contributed by atoms with Crippen LogP contribution in [0.1, 0.15) is 28.9 Å². The quantitative estimate of drug-likeness (QED) is 0.543. The van der Waals surface area contributed by atoms with Gasteiger partial charge in [0.15, 0.2) is 11.6 Å². The summed E-state index contributed by atoms with van der Waals surface area (Å²) >= 11 is 0. The molecule has 2 N–H and O–H groups in total. The summed E-state index contributed by atoms with van der Waals surface area (Å²) in [5.41, 5.74) is 6.22. The third-order valence-electron chi connectivity index (χ3n) is 6.61. The number of hydrogen-bond donors (Lipinski definition) is 2. The Bertz CT molecular complexity index is 1330. The van der Waals surface area contributed by atoms with Gasteiger partial charge >= 0.3 is 0 Å². The number of anilines is 1. The smallest absolute Gasteiger partial charge is 0.270 e. The Morgan fingerprint density at radius 1 is 1.14 bits per heavy atom. The highest BCUT2D eigenvalue weighted by molar-refractivity contribution is 5.99. The van der Waals surface area contributed by atoms with E-state index in [2.05, 4.69) is 15.8 Å². The molecule has 0 unspecified atom stereocenters. The van der Waals surface area contributed by atoms with Crippen LogP contribution in [0, 0.1) is 11.6 Å². The number of nitrogens with zero attached hydrogens (tertiary/aromatic N) is 3. The third-order valence-corrected chi connectivity index (χ3v) is 6.61. The molecule has 8 nitrogen and oxygen atoms in total. The monoisotopic (exact) mass is 483 g/mol. The van der Waals surface area contributed by atoms with E-state index in [0.717, 1.165) is 18.7 Å². The molecule has 5 rings (SSSR count). The first-order valence-corrected chi connectivity index (χ1v) is 11.6. The van der Waals surface area contributed by atoms with E-state index >= 15 is 4.39 Å². The number of nitrogens with one attached hydrogen (secondary N) is 2. The maximum atomic E-state index is 15.4. The lowest BCUT2D eigenvalue weighted by Crippen LogP contribution is -2.45. The molecule has 3 aromatic rings. The molecule has 0 saturated carbocycles. The Labute approximate surface area is 201 Å². The number of ether oxygens (including phenoxy) is 1. The van der Waals surface area contributed by atoms with Gasteiger partial charge in [0.2, 0.25) is 5.43 Å². The third kappa shape index (κ3) is 4.35. The van der Waals surface area contributed by atoms with Crippen molar-refractivity contribution in [2.45, 2.75) is 19.5 Å². The molecule has 0 radical (unpaired) electrons. The van der Waals surface area contributed by atoms with Gasteiger partial charge < -0.3 is 19.1 Å². The van der Waals surface area contributed by atoms with Gasteiger partial charge in [-0.05, 0) is 37.7 Å². The van der Waals surface area contributed by atoms with Gasteiger partial charge in [0, 0.05) is 38.9 Å². The fourth-order valence-corrected chi connectivity index (χ4v) is 4.59. The minimum absolute atomic E-state index is 0.101. The van der Waals surface area contributed by atoms with E-state index in [1.54, 1.807) is 12.1 Å². The zero-order valence-electron chi connectivity index (χ0n) is 19.6. The highest BCUT2D eigenvalue weighted by atomic mass is 19.1. The Kier molecular flexibility index (Phi) is 6.16. The first-order valence-electron chi connectivity index (χ1n) is 11.6. The summed E-state index contributed by atoms with van der Waals surface area (Å²) in [7, 11) is 2.02. The zero-order valence-corrected chi connectivity index (χ0v) is 19.6. The van der Waals surface area contributed by atoms with Gasteiger partial charge in [0.25, 0.3) is 5.91 Å². The minimum Gasteiger partial charge on any atom is -0.487 e. The highest BCUT2D eigenvalue weighted by Crippen LogP contribution is 2.42. The molecule has 35 heavy (non-hydrogen) atoms. The molecular weight excluding hydrogens is 456 g/mol. The number of carbonyl (C=O) groups is 1. The van der Waals surface area contributed by atoms with E-state index in [4.69, 9.17) is 4.74 Å². The molecule has 1 fully saturated rings. The van der Waals surface area contributed by atoms with E-state index in [0.29, 0.717) is 36.6 Å². The van der Waals surface area contributed by atoms with Crippen molar-refractivity contribution < 1.29 is 18.3 Å². The summed E-state index contributed by atoms with van der Waals surface area (Å²) in [5, 5.41) is 0.105. The standard InChI is InChI=1S/C25H27F2N5O3/c1-15-14-35-24-21-18(11-20(27)22(24)31-9-7-30(2)8-10-31)23(33)19(13-32(15)21)25(34)29-28-12-16-3-5-17(26)6-4-16/h3-6,11,13,15,28H,7-10,12,14H2,1-2H3,(H,29,34)/t15-/m0/s1. The number of carbonyl (C=O) groups excluding carboxylic acids is 1. The number of hydrazine groups is 1. The molecule has 0 bridgehead atoms. The second kappa shape index (κ2) is 9.27. The SMILES string of the molecule is C[C@H]1COc2c(N3CCN(C)CC3)c(F)cc3c(=O)c(C(=O)NNCc4ccc(F)cc4)cn1c23. The topological polar surface area (TPSA) is 78.8 Å². The summed E-state index contributed by atoms with van der Waals surface area (Å²) in [5.74, 6) is -1.17. The van der Waals surface area contributed by atoms with Gasteiger partial charge in [-0.2, -0.15) is 0 Å². The lowest BCUT2D eigenvalue weighted by atomic mass is 10.0. The Hall–Kier alpha value is -3.50. The fraction of sp³-hybridized carbons (Fsp3) is 0.360. The Morgan fingerprint density at radius 2 is 1.86 bits per heavy atom. The van der Waals surface area contributed by atoms with Crippen molar-refractivity contribution in [3.8, 4) is 5.75 Å². The molecule has 1 amide bonds. The molecule has 0 aliphatic carbocycles.